The topological polar surface area (TPSA) is 41.4 Å². The Labute approximate surface area is 174 Å². The summed E-state index contributed by atoms with van der Waals surface area (Å²) in [6, 6.07) is 7.95. The minimum atomic E-state index is -0.0926. The number of rotatable bonds is 5. The zero-order valence-corrected chi connectivity index (χ0v) is 18.4. The van der Waals surface area contributed by atoms with Crippen molar-refractivity contribution in [1.29, 1.82) is 0 Å². The van der Waals surface area contributed by atoms with E-state index in [1.807, 2.05) is 48.6 Å². The largest absolute Gasteiger partial charge is 0.340 e. The lowest BCUT2D eigenvalue weighted by Crippen LogP contribution is -2.50. The second-order valence-electron chi connectivity index (χ2n) is 7.26. The molecular formula is C20H26BrClN4O. The summed E-state index contributed by atoms with van der Waals surface area (Å²) in [4.78, 5) is 17.2. The first-order valence-corrected chi connectivity index (χ1v) is 10.5. The molecule has 0 bridgehead atoms. The fourth-order valence-corrected chi connectivity index (χ4v) is 3.98. The summed E-state index contributed by atoms with van der Waals surface area (Å²) < 4.78 is 2.95. The highest BCUT2D eigenvalue weighted by Crippen LogP contribution is 2.22. The minimum Gasteiger partial charge on any atom is -0.340 e. The van der Waals surface area contributed by atoms with Crippen molar-refractivity contribution < 1.29 is 4.79 Å². The highest BCUT2D eigenvalue weighted by Gasteiger charge is 2.26. The van der Waals surface area contributed by atoms with Crippen molar-refractivity contribution in [2.45, 2.75) is 33.9 Å². The fraction of sp³-hybridized carbons (Fsp3) is 0.500. The monoisotopic (exact) mass is 452 g/mol. The first-order chi connectivity index (χ1) is 12.9. The van der Waals surface area contributed by atoms with Crippen LogP contribution in [0.2, 0.25) is 5.02 Å². The molecule has 1 unspecified atom stereocenters. The number of nitrogens with zero attached hydrogens (tertiary/aromatic N) is 4. The lowest BCUT2D eigenvalue weighted by atomic mass is 10.1. The quantitative estimate of drug-likeness (QED) is 0.689. The van der Waals surface area contributed by atoms with Gasteiger partial charge in [0.2, 0.25) is 5.91 Å². The van der Waals surface area contributed by atoms with Gasteiger partial charge in [-0.15, -0.1) is 0 Å². The van der Waals surface area contributed by atoms with Crippen LogP contribution in [0, 0.1) is 19.8 Å². The van der Waals surface area contributed by atoms with E-state index in [1.54, 1.807) is 0 Å². The van der Waals surface area contributed by atoms with E-state index in [9.17, 15) is 4.79 Å². The molecule has 1 aliphatic heterocycles. The minimum absolute atomic E-state index is 0.0926. The third kappa shape index (κ3) is 4.73. The maximum absolute atomic E-state index is 12.9. The number of piperazine rings is 1. The van der Waals surface area contributed by atoms with Crippen LogP contribution in [0.1, 0.15) is 23.9 Å². The van der Waals surface area contributed by atoms with Gasteiger partial charge < -0.3 is 4.90 Å². The average Bonchev–Trinajstić information content (AvgIpc) is 2.90. The molecule has 146 valence electrons. The molecule has 0 N–H and O–H groups in total. The molecule has 2 aromatic rings. The van der Waals surface area contributed by atoms with Gasteiger partial charge in [-0.1, -0.05) is 36.7 Å². The Bertz CT molecular complexity index is 814. The number of hydrogen-bond acceptors (Lipinski definition) is 3. The van der Waals surface area contributed by atoms with Gasteiger partial charge in [-0.25, -0.2) is 0 Å². The summed E-state index contributed by atoms with van der Waals surface area (Å²) in [5.74, 6) is 0.112. The Morgan fingerprint density at radius 2 is 1.89 bits per heavy atom. The standard InChI is InChI=1S/C20H26BrClN4O/c1-14(12-26-16(3)19(21)15(2)23-26)20(27)25-10-8-24(9-11-25)13-17-6-4-5-7-18(17)22/h4-7,14H,8-13H2,1-3H3. The molecule has 1 fully saturated rings. The summed E-state index contributed by atoms with van der Waals surface area (Å²) in [7, 11) is 0. The highest BCUT2D eigenvalue weighted by molar-refractivity contribution is 9.10. The zero-order chi connectivity index (χ0) is 19.6. The summed E-state index contributed by atoms with van der Waals surface area (Å²) in [6.45, 7) is 10.7. The summed E-state index contributed by atoms with van der Waals surface area (Å²) in [6.07, 6.45) is 0. The van der Waals surface area contributed by atoms with E-state index in [1.165, 1.54) is 0 Å². The Balaban J connectivity index is 1.53. The second-order valence-corrected chi connectivity index (χ2v) is 8.46. The number of carbonyl (C=O) groups excluding carboxylic acids is 1. The van der Waals surface area contributed by atoms with Crippen molar-refractivity contribution in [3.05, 3.63) is 50.7 Å². The molecule has 1 amide bonds. The SMILES string of the molecule is Cc1nn(CC(C)C(=O)N2CCN(Cc3ccccc3Cl)CC2)c(C)c1Br. The van der Waals surface area contributed by atoms with Crippen molar-refractivity contribution in [2.75, 3.05) is 26.2 Å². The van der Waals surface area contributed by atoms with E-state index in [0.29, 0.717) is 6.54 Å². The van der Waals surface area contributed by atoms with Gasteiger partial charge in [-0.2, -0.15) is 5.10 Å². The third-order valence-corrected chi connectivity index (χ3v) is 6.71. The van der Waals surface area contributed by atoms with E-state index in [0.717, 1.165) is 59.2 Å². The lowest BCUT2D eigenvalue weighted by molar-refractivity contribution is -0.137. The van der Waals surface area contributed by atoms with Gasteiger partial charge in [-0.3, -0.25) is 14.4 Å². The van der Waals surface area contributed by atoms with Crippen molar-refractivity contribution in [3.63, 3.8) is 0 Å². The zero-order valence-electron chi connectivity index (χ0n) is 16.1. The number of benzene rings is 1. The van der Waals surface area contributed by atoms with E-state index >= 15 is 0 Å². The number of aryl methyl sites for hydroxylation is 1. The van der Waals surface area contributed by atoms with Crippen molar-refractivity contribution in [1.82, 2.24) is 19.6 Å². The summed E-state index contributed by atoms with van der Waals surface area (Å²) in [5.41, 5.74) is 3.17. The molecule has 1 saturated heterocycles. The summed E-state index contributed by atoms with van der Waals surface area (Å²) >= 11 is 9.81. The molecule has 0 aliphatic carbocycles. The molecule has 0 spiro atoms. The molecule has 2 heterocycles. The number of hydrogen-bond donors (Lipinski definition) is 0. The number of aromatic nitrogens is 2. The molecule has 27 heavy (non-hydrogen) atoms. The van der Waals surface area contributed by atoms with E-state index in [2.05, 4.69) is 32.0 Å². The van der Waals surface area contributed by atoms with Crippen LogP contribution >= 0.6 is 27.5 Å². The van der Waals surface area contributed by atoms with Gasteiger partial charge in [0.15, 0.2) is 0 Å². The van der Waals surface area contributed by atoms with Crippen LogP contribution in [0.5, 0.6) is 0 Å². The number of amides is 1. The smallest absolute Gasteiger partial charge is 0.227 e. The Morgan fingerprint density at radius 3 is 2.48 bits per heavy atom. The molecule has 1 atom stereocenters. The molecule has 1 aromatic heterocycles. The maximum atomic E-state index is 12.9. The Kier molecular flexibility index (Phi) is 6.61. The van der Waals surface area contributed by atoms with Crippen LogP contribution in [-0.4, -0.2) is 51.7 Å². The normalized spacial score (nSPS) is 16.6. The van der Waals surface area contributed by atoms with E-state index in [4.69, 9.17) is 11.6 Å². The van der Waals surface area contributed by atoms with Crippen molar-refractivity contribution in [3.8, 4) is 0 Å². The average molecular weight is 454 g/mol. The highest BCUT2D eigenvalue weighted by atomic mass is 79.9. The Hall–Kier alpha value is -1.37. The predicted octanol–water partition coefficient (Wildman–Crippen LogP) is 3.90. The van der Waals surface area contributed by atoms with Crippen LogP contribution in [-0.2, 0) is 17.9 Å². The van der Waals surface area contributed by atoms with Gasteiger partial charge in [-0.05, 0) is 41.4 Å². The van der Waals surface area contributed by atoms with Crippen molar-refractivity contribution in [2.24, 2.45) is 5.92 Å². The van der Waals surface area contributed by atoms with Crippen molar-refractivity contribution >= 4 is 33.4 Å². The molecule has 5 nitrogen and oxygen atoms in total. The number of halogens is 2. The first kappa shape index (κ1) is 20.4. The number of carbonyl (C=O) groups is 1. The third-order valence-electron chi connectivity index (χ3n) is 5.20. The maximum Gasteiger partial charge on any atom is 0.227 e. The Morgan fingerprint density at radius 1 is 1.22 bits per heavy atom. The molecular weight excluding hydrogens is 428 g/mol. The van der Waals surface area contributed by atoms with E-state index < -0.39 is 0 Å². The summed E-state index contributed by atoms with van der Waals surface area (Å²) in [5, 5.41) is 5.33. The molecule has 3 rings (SSSR count). The molecule has 0 radical (unpaired) electrons. The van der Waals surface area contributed by atoms with Gasteiger partial charge in [0.05, 0.1) is 22.6 Å². The van der Waals surface area contributed by atoms with E-state index in [-0.39, 0.29) is 11.8 Å². The molecule has 1 aliphatic rings. The van der Waals surface area contributed by atoms with Crippen LogP contribution in [0.4, 0.5) is 0 Å². The van der Waals surface area contributed by atoms with Crippen LogP contribution in [0.3, 0.4) is 0 Å². The van der Waals surface area contributed by atoms with Gasteiger partial charge >= 0.3 is 0 Å². The second kappa shape index (κ2) is 8.76. The molecule has 7 heteroatoms. The van der Waals surface area contributed by atoms with Crippen LogP contribution < -0.4 is 0 Å². The van der Waals surface area contributed by atoms with Crippen LogP contribution in [0.15, 0.2) is 28.7 Å². The fourth-order valence-electron chi connectivity index (χ4n) is 3.50. The van der Waals surface area contributed by atoms with Gasteiger partial charge in [0.1, 0.15) is 0 Å². The molecule has 0 saturated carbocycles. The van der Waals surface area contributed by atoms with Gasteiger partial charge in [0, 0.05) is 43.4 Å². The lowest BCUT2D eigenvalue weighted by Gasteiger charge is -2.36. The predicted molar refractivity (Wildman–Crippen MR) is 112 cm³/mol. The van der Waals surface area contributed by atoms with Gasteiger partial charge in [0.25, 0.3) is 0 Å². The molecule has 1 aromatic carbocycles. The first-order valence-electron chi connectivity index (χ1n) is 9.31. The van der Waals surface area contributed by atoms with Crippen LogP contribution in [0.25, 0.3) is 0 Å².